The van der Waals surface area contributed by atoms with Crippen molar-refractivity contribution in [3.05, 3.63) is 40.5 Å². The lowest BCUT2D eigenvalue weighted by atomic mass is 10.1. The summed E-state index contributed by atoms with van der Waals surface area (Å²) in [5, 5.41) is 10.2. The Morgan fingerprint density at radius 3 is 2.94 bits per heavy atom. The van der Waals surface area contributed by atoms with Crippen LogP contribution in [0.2, 0.25) is 5.15 Å². The smallest absolute Gasteiger partial charge is 0.130 e. The van der Waals surface area contributed by atoms with Crippen molar-refractivity contribution in [2.24, 2.45) is 0 Å². The fourth-order valence-electron chi connectivity index (χ4n) is 1.61. The minimum absolute atomic E-state index is 0.412. The molecule has 1 aromatic carbocycles. The van der Waals surface area contributed by atoms with Gasteiger partial charge in [0.2, 0.25) is 0 Å². The number of aromatic nitrogens is 1. The molecule has 0 radical (unpaired) electrons. The molecular formula is C12H9ClN2O. The van der Waals surface area contributed by atoms with Crippen molar-refractivity contribution in [1.82, 2.24) is 4.98 Å². The summed E-state index contributed by atoms with van der Waals surface area (Å²) in [4.78, 5) is 4.19. The third-order valence-corrected chi connectivity index (χ3v) is 2.49. The first-order valence-electron chi connectivity index (χ1n) is 4.73. The van der Waals surface area contributed by atoms with Gasteiger partial charge in [0.05, 0.1) is 23.8 Å². The van der Waals surface area contributed by atoms with Crippen LogP contribution in [0.1, 0.15) is 11.1 Å². The highest BCUT2D eigenvalue weighted by Gasteiger charge is 2.05. The van der Waals surface area contributed by atoms with Gasteiger partial charge in [-0.1, -0.05) is 17.7 Å². The molecule has 0 saturated carbocycles. The number of ether oxygens (including phenoxy) is 1. The van der Waals surface area contributed by atoms with Crippen LogP contribution < -0.4 is 0 Å². The molecule has 1 aromatic heterocycles. The van der Waals surface area contributed by atoms with Crippen LogP contribution in [0.25, 0.3) is 10.9 Å². The van der Waals surface area contributed by atoms with E-state index in [9.17, 15) is 0 Å². The molecule has 0 unspecified atom stereocenters. The second kappa shape index (κ2) is 4.48. The molecule has 0 aliphatic rings. The number of methoxy groups -OCH3 is 1. The lowest BCUT2D eigenvalue weighted by Gasteiger charge is -2.06. The van der Waals surface area contributed by atoms with Crippen LogP contribution in [-0.4, -0.2) is 12.1 Å². The number of pyridine rings is 1. The van der Waals surface area contributed by atoms with Gasteiger partial charge >= 0.3 is 0 Å². The van der Waals surface area contributed by atoms with Crippen molar-refractivity contribution in [3.63, 3.8) is 0 Å². The molecule has 4 heteroatoms. The number of fused-ring (bicyclic) bond motifs is 1. The second-order valence-electron chi connectivity index (χ2n) is 3.38. The van der Waals surface area contributed by atoms with Crippen molar-refractivity contribution in [2.45, 2.75) is 6.61 Å². The summed E-state index contributed by atoms with van der Waals surface area (Å²) in [5.74, 6) is 0. The fraction of sp³-hybridized carbons (Fsp3) is 0.167. The van der Waals surface area contributed by atoms with E-state index in [4.69, 9.17) is 21.6 Å². The highest BCUT2D eigenvalue weighted by atomic mass is 35.5. The molecule has 0 fully saturated rings. The van der Waals surface area contributed by atoms with E-state index < -0.39 is 0 Å². The molecule has 1 heterocycles. The number of hydrogen-bond donors (Lipinski definition) is 0. The zero-order valence-corrected chi connectivity index (χ0v) is 9.45. The Kier molecular flexibility index (Phi) is 3.04. The quantitative estimate of drug-likeness (QED) is 0.748. The summed E-state index contributed by atoms with van der Waals surface area (Å²) in [6.07, 6.45) is 0. The minimum Gasteiger partial charge on any atom is -0.380 e. The van der Waals surface area contributed by atoms with Gasteiger partial charge in [-0.15, -0.1) is 0 Å². The fourth-order valence-corrected chi connectivity index (χ4v) is 1.83. The van der Waals surface area contributed by atoms with Crippen molar-refractivity contribution < 1.29 is 4.74 Å². The average molecular weight is 233 g/mol. The van der Waals surface area contributed by atoms with Gasteiger partial charge in [-0.3, -0.25) is 0 Å². The summed E-state index contributed by atoms with van der Waals surface area (Å²) in [6, 6.07) is 9.20. The number of hydrogen-bond acceptors (Lipinski definition) is 3. The van der Waals surface area contributed by atoms with Gasteiger partial charge in [-0.2, -0.15) is 5.26 Å². The maximum Gasteiger partial charge on any atom is 0.130 e. The number of nitrogens with zero attached hydrogens (tertiary/aromatic N) is 2. The Bertz CT molecular complexity index is 575. The number of rotatable bonds is 2. The Morgan fingerprint density at radius 2 is 2.25 bits per heavy atom. The largest absolute Gasteiger partial charge is 0.380 e. The lowest BCUT2D eigenvalue weighted by Crippen LogP contribution is -1.92. The predicted octanol–water partition coefficient (Wildman–Crippen LogP) is 2.91. The van der Waals surface area contributed by atoms with Crippen LogP contribution in [0.4, 0.5) is 0 Å². The first-order chi connectivity index (χ1) is 7.74. The molecular weight excluding hydrogens is 224 g/mol. The van der Waals surface area contributed by atoms with E-state index in [-0.39, 0.29) is 0 Å². The van der Waals surface area contributed by atoms with Crippen molar-refractivity contribution in [1.29, 1.82) is 5.26 Å². The normalized spacial score (nSPS) is 10.3. The average Bonchev–Trinajstić information content (AvgIpc) is 2.28. The summed E-state index contributed by atoms with van der Waals surface area (Å²) in [5.41, 5.74) is 2.27. The lowest BCUT2D eigenvalue weighted by molar-refractivity contribution is 0.186. The molecule has 80 valence electrons. The Balaban J connectivity index is 2.69. The monoisotopic (exact) mass is 232 g/mol. The highest BCUT2D eigenvalue weighted by molar-refractivity contribution is 6.29. The summed E-state index contributed by atoms with van der Waals surface area (Å²) < 4.78 is 5.10. The maximum absolute atomic E-state index is 8.80. The third kappa shape index (κ3) is 1.99. The highest BCUT2D eigenvalue weighted by Crippen LogP contribution is 2.22. The standard InChI is InChI=1S/C12H9ClN2O/c1-16-7-9-5-12(13)15-11-4-8(6-14)2-3-10(9)11/h2-5H,7H2,1H3. The number of nitriles is 1. The molecule has 16 heavy (non-hydrogen) atoms. The maximum atomic E-state index is 8.80. The van der Waals surface area contributed by atoms with Crippen molar-refractivity contribution in [2.75, 3.05) is 7.11 Å². The zero-order chi connectivity index (χ0) is 11.5. The van der Waals surface area contributed by atoms with Gasteiger partial charge in [0.25, 0.3) is 0 Å². The van der Waals surface area contributed by atoms with Gasteiger partial charge in [-0.05, 0) is 23.8 Å². The molecule has 0 amide bonds. The van der Waals surface area contributed by atoms with Crippen LogP contribution in [0, 0.1) is 11.3 Å². The zero-order valence-electron chi connectivity index (χ0n) is 8.70. The van der Waals surface area contributed by atoms with E-state index in [1.807, 2.05) is 6.07 Å². The summed E-state index contributed by atoms with van der Waals surface area (Å²) >= 11 is 5.91. The Labute approximate surface area is 98.2 Å². The van der Waals surface area contributed by atoms with Gasteiger partial charge in [-0.25, -0.2) is 4.98 Å². The van der Waals surface area contributed by atoms with Gasteiger partial charge in [0.1, 0.15) is 5.15 Å². The van der Waals surface area contributed by atoms with Crippen LogP contribution in [-0.2, 0) is 11.3 Å². The van der Waals surface area contributed by atoms with Crippen LogP contribution in [0.5, 0.6) is 0 Å². The molecule has 0 N–H and O–H groups in total. The predicted molar refractivity (Wildman–Crippen MR) is 62.2 cm³/mol. The molecule has 2 rings (SSSR count). The van der Waals surface area contributed by atoms with Gasteiger partial charge < -0.3 is 4.74 Å². The Hall–Kier alpha value is -1.63. The first kappa shape index (κ1) is 10.9. The topological polar surface area (TPSA) is 45.9 Å². The molecule has 0 aliphatic heterocycles. The van der Waals surface area contributed by atoms with E-state index >= 15 is 0 Å². The van der Waals surface area contributed by atoms with Crippen LogP contribution in [0.15, 0.2) is 24.3 Å². The second-order valence-corrected chi connectivity index (χ2v) is 3.77. The molecule has 0 spiro atoms. The van der Waals surface area contributed by atoms with Crippen molar-refractivity contribution in [3.8, 4) is 6.07 Å². The molecule has 2 aromatic rings. The van der Waals surface area contributed by atoms with Crippen LogP contribution in [0.3, 0.4) is 0 Å². The first-order valence-corrected chi connectivity index (χ1v) is 5.10. The van der Waals surface area contributed by atoms with Gasteiger partial charge in [0, 0.05) is 12.5 Å². The van der Waals surface area contributed by atoms with Crippen molar-refractivity contribution >= 4 is 22.5 Å². The molecule has 0 aliphatic carbocycles. The summed E-state index contributed by atoms with van der Waals surface area (Å²) in [7, 11) is 1.63. The van der Waals surface area contributed by atoms with Gasteiger partial charge in [0.15, 0.2) is 0 Å². The van der Waals surface area contributed by atoms with Crippen LogP contribution >= 0.6 is 11.6 Å². The minimum atomic E-state index is 0.412. The molecule has 0 bridgehead atoms. The number of benzene rings is 1. The summed E-state index contributed by atoms with van der Waals surface area (Å²) in [6.45, 7) is 0.477. The molecule has 3 nitrogen and oxygen atoms in total. The van der Waals surface area contributed by atoms with E-state index in [2.05, 4.69) is 11.1 Å². The Morgan fingerprint density at radius 1 is 1.44 bits per heavy atom. The third-order valence-electron chi connectivity index (χ3n) is 2.29. The van der Waals surface area contributed by atoms with E-state index in [0.717, 1.165) is 16.5 Å². The van der Waals surface area contributed by atoms with E-state index in [1.165, 1.54) is 0 Å². The number of halogens is 1. The van der Waals surface area contributed by atoms with E-state index in [1.54, 1.807) is 25.3 Å². The SMILES string of the molecule is COCc1cc(Cl)nc2cc(C#N)ccc12. The van der Waals surface area contributed by atoms with E-state index in [0.29, 0.717) is 17.3 Å². The molecule has 0 saturated heterocycles. The molecule has 0 atom stereocenters.